The first-order valence-electron chi connectivity index (χ1n) is 5.94. The molecule has 0 bridgehead atoms. The van der Waals surface area contributed by atoms with Gasteiger partial charge in [0.05, 0.1) is 11.9 Å². The number of aromatic nitrogens is 3. The number of hydrogen-bond donors (Lipinski definition) is 0. The molecule has 1 heterocycles. The van der Waals surface area contributed by atoms with Gasteiger partial charge in [-0.3, -0.25) is 4.79 Å². The Kier molecular flexibility index (Phi) is 3.61. The molecule has 2 rings (SSSR count). The van der Waals surface area contributed by atoms with Crippen molar-refractivity contribution in [3.63, 3.8) is 0 Å². The summed E-state index contributed by atoms with van der Waals surface area (Å²) in [6.07, 6.45) is -3.95. The number of benzene rings is 1. The molecule has 1 aromatic heterocycles. The van der Waals surface area contributed by atoms with E-state index in [0.29, 0.717) is 5.69 Å². The number of Topliss-reactive ketones (excluding diaryl/α,β-unsaturated/α-hetero) is 1. The lowest BCUT2D eigenvalue weighted by Gasteiger charge is -2.11. The lowest BCUT2D eigenvalue weighted by atomic mass is 10.0. The zero-order valence-electron chi connectivity index (χ0n) is 10.8. The van der Waals surface area contributed by atoms with Crippen LogP contribution in [-0.2, 0) is 0 Å². The van der Waals surface area contributed by atoms with E-state index < -0.39 is 17.7 Å². The van der Waals surface area contributed by atoms with Gasteiger partial charge < -0.3 is 0 Å². The molecule has 20 heavy (non-hydrogen) atoms. The average molecular weight is 283 g/mol. The molecule has 0 atom stereocenters. The molecule has 106 valence electrons. The Morgan fingerprint density at radius 2 is 1.90 bits per heavy atom. The van der Waals surface area contributed by atoms with Crippen molar-refractivity contribution in [2.45, 2.75) is 25.9 Å². The third-order valence-electron chi connectivity index (χ3n) is 2.79. The van der Waals surface area contributed by atoms with Gasteiger partial charge in [0.15, 0.2) is 5.69 Å². The van der Waals surface area contributed by atoms with Crippen LogP contribution < -0.4 is 0 Å². The molecule has 0 fully saturated rings. The number of para-hydroxylation sites is 1. The molecule has 0 saturated heterocycles. The van der Waals surface area contributed by atoms with Gasteiger partial charge in [-0.05, 0) is 17.5 Å². The van der Waals surface area contributed by atoms with E-state index in [0.717, 1.165) is 11.8 Å². The maximum Gasteiger partial charge on any atom is 0.456 e. The van der Waals surface area contributed by atoms with Crippen LogP contribution in [-0.4, -0.2) is 27.0 Å². The predicted molar refractivity (Wildman–Crippen MR) is 65.8 cm³/mol. The number of nitrogens with zero attached hydrogens (tertiary/aromatic N) is 3. The first-order valence-corrected chi connectivity index (χ1v) is 5.94. The fourth-order valence-electron chi connectivity index (χ4n) is 1.82. The van der Waals surface area contributed by atoms with Crippen molar-refractivity contribution < 1.29 is 18.0 Å². The van der Waals surface area contributed by atoms with Gasteiger partial charge in [0.1, 0.15) is 0 Å². The number of rotatable bonds is 3. The average Bonchev–Trinajstić information content (AvgIpc) is 2.86. The van der Waals surface area contributed by atoms with Crippen molar-refractivity contribution in [2.75, 3.05) is 0 Å². The zero-order chi connectivity index (χ0) is 14.9. The van der Waals surface area contributed by atoms with Crippen LogP contribution in [0.3, 0.4) is 0 Å². The number of ketones is 1. The second-order valence-corrected chi connectivity index (χ2v) is 4.59. The fourth-order valence-corrected chi connectivity index (χ4v) is 1.82. The first kappa shape index (κ1) is 14.2. The Balaban J connectivity index is 2.42. The number of carbonyl (C=O) groups is 1. The molecule has 0 aliphatic rings. The van der Waals surface area contributed by atoms with Crippen LogP contribution in [0.25, 0.3) is 5.69 Å². The molecule has 1 aromatic carbocycles. The maximum atomic E-state index is 12.3. The van der Waals surface area contributed by atoms with Gasteiger partial charge in [-0.15, -0.1) is 5.10 Å². The molecule has 4 nitrogen and oxygen atoms in total. The van der Waals surface area contributed by atoms with Crippen LogP contribution in [0.2, 0.25) is 0 Å². The molecule has 0 aliphatic carbocycles. The van der Waals surface area contributed by atoms with Crippen LogP contribution in [0.5, 0.6) is 0 Å². The Labute approximate surface area is 113 Å². The summed E-state index contributed by atoms with van der Waals surface area (Å²) in [6.45, 7) is 3.91. The van der Waals surface area contributed by atoms with E-state index in [-0.39, 0.29) is 5.92 Å². The minimum absolute atomic E-state index is 0.164. The monoisotopic (exact) mass is 283 g/mol. The molecule has 0 aliphatic heterocycles. The summed E-state index contributed by atoms with van der Waals surface area (Å²) in [5.41, 5.74) is 0.802. The van der Waals surface area contributed by atoms with E-state index in [1.165, 1.54) is 4.68 Å². The summed E-state index contributed by atoms with van der Waals surface area (Å²) in [5, 5.41) is 6.91. The predicted octanol–water partition coefficient (Wildman–Crippen LogP) is 3.14. The topological polar surface area (TPSA) is 47.8 Å². The Morgan fingerprint density at radius 1 is 1.25 bits per heavy atom. The van der Waals surface area contributed by atoms with Crippen LogP contribution in [0, 0.1) is 0 Å². The van der Waals surface area contributed by atoms with E-state index in [1.807, 2.05) is 26.0 Å². The van der Waals surface area contributed by atoms with E-state index in [1.54, 1.807) is 12.1 Å². The van der Waals surface area contributed by atoms with Crippen molar-refractivity contribution in [1.29, 1.82) is 0 Å². The van der Waals surface area contributed by atoms with Gasteiger partial charge >= 0.3 is 6.18 Å². The fraction of sp³-hybridized carbons (Fsp3) is 0.308. The van der Waals surface area contributed by atoms with Gasteiger partial charge in [0.25, 0.3) is 5.78 Å². The molecular formula is C13H12F3N3O. The first-order chi connectivity index (χ1) is 9.30. The Hall–Kier alpha value is -2.18. The molecular weight excluding hydrogens is 271 g/mol. The lowest BCUT2D eigenvalue weighted by molar-refractivity contribution is -0.0888. The summed E-state index contributed by atoms with van der Waals surface area (Å²) in [4.78, 5) is 11.1. The largest absolute Gasteiger partial charge is 0.456 e. The minimum Gasteiger partial charge on any atom is -0.282 e. The molecule has 0 saturated carbocycles. The molecule has 0 unspecified atom stereocenters. The van der Waals surface area contributed by atoms with E-state index in [9.17, 15) is 18.0 Å². The van der Waals surface area contributed by atoms with Crippen molar-refractivity contribution in [3.05, 3.63) is 41.7 Å². The quantitative estimate of drug-likeness (QED) is 0.813. The van der Waals surface area contributed by atoms with Gasteiger partial charge in [-0.25, -0.2) is 4.68 Å². The van der Waals surface area contributed by atoms with Gasteiger partial charge in [-0.1, -0.05) is 37.3 Å². The highest BCUT2D eigenvalue weighted by Crippen LogP contribution is 2.24. The van der Waals surface area contributed by atoms with Crippen molar-refractivity contribution in [1.82, 2.24) is 15.0 Å². The third kappa shape index (κ3) is 2.71. The summed E-state index contributed by atoms with van der Waals surface area (Å²) in [7, 11) is 0. The summed E-state index contributed by atoms with van der Waals surface area (Å²) < 4.78 is 38.2. The van der Waals surface area contributed by atoms with Crippen LogP contribution >= 0.6 is 0 Å². The van der Waals surface area contributed by atoms with Crippen molar-refractivity contribution in [2.24, 2.45) is 0 Å². The summed E-state index contributed by atoms with van der Waals surface area (Å²) >= 11 is 0. The highest BCUT2D eigenvalue weighted by Gasteiger charge is 2.41. The van der Waals surface area contributed by atoms with Crippen molar-refractivity contribution >= 4 is 5.78 Å². The smallest absolute Gasteiger partial charge is 0.282 e. The maximum absolute atomic E-state index is 12.3. The van der Waals surface area contributed by atoms with E-state index in [4.69, 9.17) is 0 Å². The molecule has 0 spiro atoms. The van der Waals surface area contributed by atoms with Gasteiger partial charge in [0, 0.05) is 0 Å². The number of alkyl halides is 3. The SMILES string of the molecule is CC(C)c1ccccc1-n1cc(C(=O)C(F)(F)F)nn1. The molecule has 7 heteroatoms. The number of halogens is 3. The Bertz CT molecular complexity index is 632. The van der Waals surface area contributed by atoms with Gasteiger partial charge in [-0.2, -0.15) is 13.2 Å². The van der Waals surface area contributed by atoms with Gasteiger partial charge in [0.2, 0.25) is 0 Å². The van der Waals surface area contributed by atoms with Crippen LogP contribution in [0.4, 0.5) is 13.2 Å². The lowest BCUT2D eigenvalue weighted by Crippen LogP contribution is -2.23. The van der Waals surface area contributed by atoms with Crippen molar-refractivity contribution in [3.8, 4) is 5.69 Å². The molecule has 0 amide bonds. The molecule has 0 N–H and O–H groups in total. The van der Waals surface area contributed by atoms with Crippen LogP contribution in [0.1, 0.15) is 35.8 Å². The second-order valence-electron chi connectivity index (χ2n) is 4.59. The normalized spacial score (nSPS) is 11.9. The second kappa shape index (κ2) is 5.07. The number of carbonyl (C=O) groups excluding carboxylic acids is 1. The standard InChI is InChI=1S/C13H12F3N3O/c1-8(2)9-5-3-4-6-11(9)19-7-10(17-18-19)12(20)13(14,15)16/h3-8H,1-2H3. The zero-order valence-corrected chi connectivity index (χ0v) is 10.8. The minimum atomic E-state index is -4.95. The van der Waals surface area contributed by atoms with E-state index in [2.05, 4.69) is 10.3 Å². The number of hydrogen-bond acceptors (Lipinski definition) is 3. The van der Waals surface area contributed by atoms with E-state index >= 15 is 0 Å². The summed E-state index contributed by atoms with van der Waals surface area (Å²) in [6, 6.07) is 7.14. The van der Waals surface area contributed by atoms with Crippen LogP contribution in [0.15, 0.2) is 30.5 Å². The molecule has 0 radical (unpaired) electrons. The third-order valence-corrected chi connectivity index (χ3v) is 2.79. The molecule has 2 aromatic rings. The highest BCUT2D eigenvalue weighted by molar-refractivity contribution is 5.98. The highest BCUT2D eigenvalue weighted by atomic mass is 19.4. The Morgan fingerprint density at radius 3 is 2.50 bits per heavy atom. The summed E-state index contributed by atoms with van der Waals surface area (Å²) in [5.74, 6) is -1.83.